The van der Waals surface area contributed by atoms with Gasteiger partial charge in [-0.25, -0.2) is 14.4 Å². The summed E-state index contributed by atoms with van der Waals surface area (Å²) in [6.07, 6.45) is -2.07. The summed E-state index contributed by atoms with van der Waals surface area (Å²) >= 11 is 0. The highest BCUT2D eigenvalue weighted by Gasteiger charge is 2.40. The van der Waals surface area contributed by atoms with Gasteiger partial charge in [-0.1, -0.05) is 0 Å². The summed E-state index contributed by atoms with van der Waals surface area (Å²) in [4.78, 5) is 32.4. The standard InChI is InChI=1S/C8H11NO7/c10-6(11)3-16-4-1-5(7(12)13)9(2-4)8(14)15/h4-5H,1-3H2,(H,10,11)(H,12,13)(H,14,15)/t4-,5-/m1/s1. The molecule has 1 amide bonds. The first-order chi connectivity index (χ1) is 7.41. The van der Waals surface area contributed by atoms with Gasteiger partial charge in [-0.2, -0.15) is 0 Å². The molecule has 2 atom stereocenters. The van der Waals surface area contributed by atoms with Crippen LogP contribution in [0.15, 0.2) is 0 Å². The predicted molar refractivity (Wildman–Crippen MR) is 48.1 cm³/mol. The van der Waals surface area contributed by atoms with Gasteiger partial charge in [0.25, 0.3) is 0 Å². The van der Waals surface area contributed by atoms with Crippen molar-refractivity contribution in [3.8, 4) is 0 Å². The van der Waals surface area contributed by atoms with Crippen molar-refractivity contribution in [2.75, 3.05) is 13.2 Å². The molecule has 0 bridgehead atoms. The molecule has 0 aliphatic carbocycles. The van der Waals surface area contributed by atoms with E-state index >= 15 is 0 Å². The van der Waals surface area contributed by atoms with E-state index in [0.29, 0.717) is 0 Å². The van der Waals surface area contributed by atoms with E-state index < -0.39 is 36.8 Å². The van der Waals surface area contributed by atoms with Crippen LogP contribution < -0.4 is 0 Å². The lowest BCUT2D eigenvalue weighted by atomic mass is 10.2. The zero-order valence-corrected chi connectivity index (χ0v) is 8.20. The van der Waals surface area contributed by atoms with Crippen LogP contribution in [0.5, 0.6) is 0 Å². The summed E-state index contributed by atoms with van der Waals surface area (Å²) in [6.45, 7) is -0.690. The van der Waals surface area contributed by atoms with Crippen LogP contribution in [0.25, 0.3) is 0 Å². The Kier molecular flexibility index (Phi) is 3.67. The number of carboxylic acids is 2. The number of carbonyl (C=O) groups is 3. The normalized spacial score (nSPS) is 24.4. The van der Waals surface area contributed by atoms with Gasteiger partial charge >= 0.3 is 18.0 Å². The second-order valence-corrected chi connectivity index (χ2v) is 3.35. The van der Waals surface area contributed by atoms with Crippen molar-refractivity contribution in [2.45, 2.75) is 18.6 Å². The first kappa shape index (κ1) is 12.2. The first-order valence-electron chi connectivity index (χ1n) is 4.47. The van der Waals surface area contributed by atoms with Crippen LogP contribution in [0, 0.1) is 0 Å². The number of likely N-dealkylation sites (tertiary alicyclic amines) is 1. The monoisotopic (exact) mass is 233 g/mol. The van der Waals surface area contributed by atoms with Gasteiger partial charge < -0.3 is 20.1 Å². The molecule has 3 N–H and O–H groups in total. The van der Waals surface area contributed by atoms with Gasteiger partial charge in [0.2, 0.25) is 0 Å². The minimum absolute atomic E-state index is 0.0328. The van der Waals surface area contributed by atoms with Gasteiger partial charge in [0.1, 0.15) is 12.6 Å². The number of amides is 1. The molecule has 0 radical (unpaired) electrons. The lowest BCUT2D eigenvalue weighted by molar-refractivity contribution is -0.144. The molecular weight excluding hydrogens is 222 g/mol. The fourth-order valence-corrected chi connectivity index (χ4v) is 1.55. The molecule has 1 rings (SSSR count). The third kappa shape index (κ3) is 2.83. The molecule has 8 heteroatoms. The molecule has 0 unspecified atom stereocenters. The van der Waals surface area contributed by atoms with Gasteiger partial charge in [-0.05, 0) is 0 Å². The van der Waals surface area contributed by atoms with Crippen molar-refractivity contribution in [1.29, 1.82) is 0 Å². The highest BCUT2D eigenvalue weighted by molar-refractivity contribution is 5.80. The van der Waals surface area contributed by atoms with Crippen molar-refractivity contribution in [1.82, 2.24) is 4.90 Å². The third-order valence-electron chi connectivity index (χ3n) is 2.24. The summed E-state index contributed by atoms with van der Waals surface area (Å²) in [5, 5.41) is 25.8. The van der Waals surface area contributed by atoms with Gasteiger partial charge in [0.05, 0.1) is 12.6 Å². The maximum absolute atomic E-state index is 10.7. The molecule has 1 saturated heterocycles. The first-order valence-corrected chi connectivity index (χ1v) is 4.47. The topological polar surface area (TPSA) is 124 Å². The highest BCUT2D eigenvalue weighted by Crippen LogP contribution is 2.20. The number of aliphatic carboxylic acids is 2. The second kappa shape index (κ2) is 4.79. The minimum Gasteiger partial charge on any atom is -0.480 e. The number of hydrogen-bond donors (Lipinski definition) is 3. The van der Waals surface area contributed by atoms with Crippen LogP contribution in [-0.2, 0) is 14.3 Å². The van der Waals surface area contributed by atoms with Crippen LogP contribution in [0.4, 0.5) is 4.79 Å². The molecule has 0 aromatic rings. The van der Waals surface area contributed by atoms with E-state index in [0.717, 1.165) is 4.90 Å². The number of rotatable bonds is 4. The quantitative estimate of drug-likeness (QED) is 0.585. The van der Waals surface area contributed by atoms with Crippen molar-refractivity contribution in [2.24, 2.45) is 0 Å². The van der Waals surface area contributed by atoms with Crippen molar-refractivity contribution >= 4 is 18.0 Å². The fraction of sp³-hybridized carbons (Fsp3) is 0.625. The molecule has 1 aliphatic rings. The number of ether oxygens (including phenoxy) is 1. The Morgan fingerprint density at radius 2 is 1.88 bits per heavy atom. The summed E-state index contributed by atoms with van der Waals surface area (Å²) < 4.78 is 4.86. The minimum atomic E-state index is -1.35. The maximum Gasteiger partial charge on any atom is 0.408 e. The average molecular weight is 233 g/mol. The lowest BCUT2D eigenvalue weighted by Crippen LogP contribution is -2.39. The Bertz CT molecular complexity index is 294. The van der Waals surface area contributed by atoms with E-state index in [9.17, 15) is 14.4 Å². The summed E-state index contributed by atoms with van der Waals surface area (Å²) in [6, 6.07) is -1.17. The maximum atomic E-state index is 10.7. The number of carboxylic acid groups (broad SMARTS) is 3. The van der Waals surface area contributed by atoms with Gasteiger partial charge in [0.15, 0.2) is 0 Å². The van der Waals surface area contributed by atoms with Crippen molar-refractivity contribution < 1.29 is 34.4 Å². The van der Waals surface area contributed by atoms with Gasteiger partial charge in [-0.3, -0.25) is 4.90 Å². The van der Waals surface area contributed by atoms with Gasteiger partial charge in [-0.15, -0.1) is 0 Å². The van der Waals surface area contributed by atoms with E-state index in [-0.39, 0.29) is 13.0 Å². The zero-order chi connectivity index (χ0) is 12.3. The highest BCUT2D eigenvalue weighted by atomic mass is 16.5. The Morgan fingerprint density at radius 1 is 1.25 bits per heavy atom. The van der Waals surface area contributed by atoms with Crippen LogP contribution in [-0.4, -0.2) is 63.5 Å². The molecule has 0 saturated carbocycles. The third-order valence-corrected chi connectivity index (χ3v) is 2.24. The van der Waals surface area contributed by atoms with Crippen molar-refractivity contribution in [3.63, 3.8) is 0 Å². The average Bonchev–Trinajstić information content (AvgIpc) is 2.58. The van der Waals surface area contributed by atoms with Crippen molar-refractivity contribution in [3.05, 3.63) is 0 Å². The second-order valence-electron chi connectivity index (χ2n) is 3.35. The van der Waals surface area contributed by atoms with Crippen LogP contribution in [0.1, 0.15) is 6.42 Å². The molecule has 1 heterocycles. The Hall–Kier alpha value is -1.83. The van der Waals surface area contributed by atoms with E-state index in [4.69, 9.17) is 20.1 Å². The largest absolute Gasteiger partial charge is 0.480 e. The van der Waals surface area contributed by atoms with Gasteiger partial charge in [0, 0.05) is 6.42 Å². The lowest BCUT2D eigenvalue weighted by Gasteiger charge is -2.16. The Morgan fingerprint density at radius 3 is 2.25 bits per heavy atom. The summed E-state index contributed by atoms with van der Waals surface area (Å²) in [7, 11) is 0. The molecule has 8 nitrogen and oxygen atoms in total. The summed E-state index contributed by atoms with van der Waals surface area (Å²) in [5.74, 6) is -2.44. The van der Waals surface area contributed by atoms with E-state index in [1.54, 1.807) is 0 Å². The Labute approximate surface area is 90.0 Å². The molecule has 16 heavy (non-hydrogen) atoms. The van der Waals surface area contributed by atoms with E-state index in [1.807, 2.05) is 0 Å². The van der Waals surface area contributed by atoms with Crippen LogP contribution >= 0.6 is 0 Å². The molecule has 0 aromatic heterocycles. The predicted octanol–water partition coefficient (Wildman–Crippen LogP) is -0.707. The smallest absolute Gasteiger partial charge is 0.408 e. The number of nitrogens with zero attached hydrogens (tertiary/aromatic N) is 1. The fourth-order valence-electron chi connectivity index (χ4n) is 1.55. The molecule has 1 aliphatic heterocycles. The summed E-state index contributed by atoms with van der Waals surface area (Å²) in [5.41, 5.74) is 0. The molecular formula is C8H11NO7. The SMILES string of the molecule is O=C(O)CO[C@@H]1C[C@H](C(=O)O)N(C(=O)O)C1. The number of hydrogen-bond acceptors (Lipinski definition) is 4. The van der Waals surface area contributed by atoms with E-state index in [1.165, 1.54) is 0 Å². The molecule has 0 spiro atoms. The van der Waals surface area contributed by atoms with Crippen LogP contribution in [0.3, 0.4) is 0 Å². The van der Waals surface area contributed by atoms with Crippen LogP contribution in [0.2, 0.25) is 0 Å². The zero-order valence-electron chi connectivity index (χ0n) is 8.20. The Balaban J connectivity index is 2.58. The van der Waals surface area contributed by atoms with E-state index in [2.05, 4.69) is 0 Å². The molecule has 90 valence electrons. The molecule has 0 aromatic carbocycles. The molecule has 1 fully saturated rings.